The summed E-state index contributed by atoms with van der Waals surface area (Å²) in [5.41, 5.74) is -0.690. The van der Waals surface area contributed by atoms with Crippen molar-refractivity contribution in [1.29, 1.82) is 0 Å². The molecule has 0 fully saturated rings. The lowest BCUT2D eigenvalue weighted by Gasteiger charge is -2.20. The number of amides is 1. The smallest absolute Gasteiger partial charge is 0.264 e. The Labute approximate surface area is 126 Å². The van der Waals surface area contributed by atoms with Crippen molar-refractivity contribution in [2.75, 3.05) is 0 Å². The largest absolute Gasteiger partial charge is 0.349 e. The quantitative estimate of drug-likeness (QED) is 0.839. The summed E-state index contributed by atoms with van der Waals surface area (Å²) in [4.78, 5) is 10.9. The van der Waals surface area contributed by atoms with Crippen LogP contribution in [-0.2, 0) is 9.05 Å². The van der Waals surface area contributed by atoms with Crippen LogP contribution in [0.5, 0.6) is 0 Å². The number of carbonyl (C=O) groups is 1. The van der Waals surface area contributed by atoms with Gasteiger partial charge in [0.2, 0.25) is 0 Å². The van der Waals surface area contributed by atoms with Crippen molar-refractivity contribution in [3.63, 3.8) is 0 Å². The van der Waals surface area contributed by atoms with Gasteiger partial charge in [0.05, 0.1) is 5.56 Å². The fourth-order valence-electron chi connectivity index (χ4n) is 1.69. The van der Waals surface area contributed by atoms with Gasteiger partial charge in [0.1, 0.15) is 10.7 Å². The van der Waals surface area contributed by atoms with Crippen LogP contribution in [0.1, 0.15) is 37.6 Å². The summed E-state index contributed by atoms with van der Waals surface area (Å²) in [5, 5.41) is 2.51. The molecule has 0 saturated heterocycles. The second-order valence-electron chi connectivity index (χ2n) is 4.85. The van der Waals surface area contributed by atoms with E-state index in [0.29, 0.717) is 12.1 Å². The van der Waals surface area contributed by atoms with E-state index in [2.05, 4.69) is 5.32 Å². The highest BCUT2D eigenvalue weighted by Crippen LogP contribution is 2.23. The van der Waals surface area contributed by atoms with Gasteiger partial charge in [-0.1, -0.05) is 20.3 Å². The molecule has 118 valence electrons. The van der Waals surface area contributed by atoms with E-state index in [1.807, 2.05) is 13.8 Å². The van der Waals surface area contributed by atoms with E-state index >= 15 is 0 Å². The van der Waals surface area contributed by atoms with Gasteiger partial charge in [-0.25, -0.2) is 17.2 Å². The maximum absolute atomic E-state index is 14.0. The van der Waals surface area contributed by atoms with Gasteiger partial charge in [-0.05, 0) is 25.0 Å². The first-order valence-electron chi connectivity index (χ1n) is 6.32. The molecule has 4 nitrogen and oxygen atoms in total. The van der Waals surface area contributed by atoms with Gasteiger partial charge >= 0.3 is 0 Å². The number of benzene rings is 1. The highest BCUT2D eigenvalue weighted by Gasteiger charge is 2.25. The lowest BCUT2D eigenvalue weighted by atomic mass is 10.0. The van der Waals surface area contributed by atoms with E-state index in [1.165, 1.54) is 0 Å². The molecule has 0 aliphatic heterocycles. The zero-order valence-corrected chi connectivity index (χ0v) is 13.4. The summed E-state index contributed by atoms with van der Waals surface area (Å²) in [6, 6.07) is 0.799. The van der Waals surface area contributed by atoms with Crippen molar-refractivity contribution in [1.82, 2.24) is 5.32 Å². The molecule has 1 aromatic rings. The molecule has 0 aliphatic rings. The summed E-state index contributed by atoms with van der Waals surface area (Å²) in [7, 11) is 0.541. The first-order chi connectivity index (χ1) is 9.57. The molecule has 0 heterocycles. The summed E-state index contributed by atoms with van der Waals surface area (Å²) in [6.07, 6.45) is 0.786. The minimum Gasteiger partial charge on any atom is -0.349 e. The van der Waals surface area contributed by atoms with Gasteiger partial charge < -0.3 is 5.32 Å². The Balaban J connectivity index is 3.20. The van der Waals surface area contributed by atoms with Crippen LogP contribution in [0.2, 0.25) is 0 Å². The van der Waals surface area contributed by atoms with E-state index in [9.17, 15) is 22.0 Å². The van der Waals surface area contributed by atoms with E-state index in [0.717, 1.165) is 6.42 Å². The van der Waals surface area contributed by atoms with Crippen LogP contribution >= 0.6 is 10.7 Å². The normalized spacial score (nSPS) is 14.6. The lowest BCUT2D eigenvalue weighted by Crippen LogP contribution is -2.37. The third kappa shape index (κ3) is 4.38. The predicted octanol–water partition coefficient (Wildman–Crippen LogP) is 3.06. The Morgan fingerprint density at radius 2 is 1.90 bits per heavy atom. The van der Waals surface area contributed by atoms with Crippen molar-refractivity contribution in [2.24, 2.45) is 5.92 Å². The van der Waals surface area contributed by atoms with Crippen molar-refractivity contribution >= 4 is 25.6 Å². The minimum absolute atomic E-state index is 0.127. The van der Waals surface area contributed by atoms with E-state index in [1.54, 1.807) is 6.92 Å². The highest BCUT2D eigenvalue weighted by molar-refractivity contribution is 8.13. The van der Waals surface area contributed by atoms with Gasteiger partial charge in [-0.15, -0.1) is 0 Å². The van der Waals surface area contributed by atoms with E-state index in [4.69, 9.17) is 10.7 Å². The first kappa shape index (κ1) is 17.8. The fourth-order valence-corrected chi connectivity index (χ4v) is 2.60. The van der Waals surface area contributed by atoms with Crippen LogP contribution in [0, 0.1) is 17.6 Å². The maximum atomic E-state index is 14.0. The van der Waals surface area contributed by atoms with Crippen LogP contribution in [0.4, 0.5) is 8.78 Å². The number of carbonyl (C=O) groups excluding carboxylic acids is 1. The Hall–Kier alpha value is -1.21. The van der Waals surface area contributed by atoms with Crippen molar-refractivity contribution in [3.8, 4) is 0 Å². The average molecular weight is 340 g/mol. The molecule has 8 heteroatoms. The van der Waals surface area contributed by atoms with Crippen LogP contribution in [-0.4, -0.2) is 20.4 Å². The summed E-state index contributed by atoms with van der Waals surface area (Å²) >= 11 is 0. The summed E-state index contributed by atoms with van der Waals surface area (Å²) < 4.78 is 49.8. The fraction of sp³-hybridized carbons (Fsp3) is 0.462. The van der Waals surface area contributed by atoms with Crippen LogP contribution in [0.15, 0.2) is 17.0 Å². The lowest BCUT2D eigenvalue weighted by molar-refractivity contribution is 0.0923. The SMILES string of the molecule is CCC(C)C(C)NC(=O)c1cc(F)cc(S(=O)(=O)Cl)c1F. The Kier molecular flexibility index (Phi) is 5.69. The number of rotatable bonds is 5. The molecule has 1 rings (SSSR count). The van der Waals surface area contributed by atoms with Gasteiger partial charge in [-0.2, -0.15) is 0 Å². The second kappa shape index (κ2) is 6.70. The Bertz CT molecular complexity index is 649. The van der Waals surface area contributed by atoms with Crippen molar-refractivity contribution in [3.05, 3.63) is 29.3 Å². The molecule has 0 bridgehead atoms. The zero-order valence-electron chi connectivity index (χ0n) is 11.8. The van der Waals surface area contributed by atoms with Gasteiger partial charge in [-0.3, -0.25) is 4.79 Å². The number of halogens is 3. The third-order valence-corrected chi connectivity index (χ3v) is 4.69. The molecule has 0 spiro atoms. The minimum atomic E-state index is -4.48. The second-order valence-corrected chi connectivity index (χ2v) is 7.39. The van der Waals surface area contributed by atoms with Crippen molar-refractivity contribution < 1.29 is 22.0 Å². The summed E-state index contributed by atoms with van der Waals surface area (Å²) in [6.45, 7) is 5.54. The summed E-state index contributed by atoms with van der Waals surface area (Å²) in [5.74, 6) is -3.18. The molecule has 0 saturated carbocycles. The molecule has 2 atom stereocenters. The highest BCUT2D eigenvalue weighted by atomic mass is 35.7. The topological polar surface area (TPSA) is 63.2 Å². The average Bonchev–Trinajstić information content (AvgIpc) is 2.38. The molecule has 1 amide bonds. The molecule has 0 aromatic heterocycles. The molecule has 1 aromatic carbocycles. The zero-order chi connectivity index (χ0) is 16.4. The number of hydrogen-bond acceptors (Lipinski definition) is 3. The van der Waals surface area contributed by atoms with Crippen molar-refractivity contribution in [2.45, 2.75) is 38.1 Å². The maximum Gasteiger partial charge on any atom is 0.264 e. The molecule has 1 N–H and O–H groups in total. The van der Waals surface area contributed by atoms with Crippen LogP contribution < -0.4 is 5.32 Å². The molecular formula is C13H16ClF2NO3S. The monoisotopic (exact) mass is 339 g/mol. The molecule has 0 radical (unpaired) electrons. The van der Waals surface area contributed by atoms with Gasteiger partial charge in [0.25, 0.3) is 15.0 Å². The van der Waals surface area contributed by atoms with E-state index < -0.39 is 37.1 Å². The third-order valence-electron chi connectivity index (χ3n) is 3.37. The van der Waals surface area contributed by atoms with Gasteiger partial charge in [0.15, 0.2) is 5.82 Å². The molecule has 21 heavy (non-hydrogen) atoms. The van der Waals surface area contributed by atoms with Gasteiger partial charge in [0, 0.05) is 16.7 Å². The van der Waals surface area contributed by atoms with Crippen LogP contribution in [0.25, 0.3) is 0 Å². The standard InChI is InChI=1S/C13H16ClF2NO3S/c1-4-7(2)8(3)17-13(18)10-5-9(15)6-11(12(10)16)21(14,19)20/h5-8H,4H2,1-3H3,(H,17,18). The molecule has 2 unspecified atom stereocenters. The molecular weight excluding hydrogens is 324 g/mol. The van der Waals surface area contributed by atoms with E-state index in [-0.39, 0.29) is 12.0 Å². The Morgan fingerprint density at radius 1 is 1.33 bits per heavy atom. The number of hydrogen-bond donors (Lipinski definition) is 1. The molecule has 0 aliphatic carbocycles. The number of nitrogens with one attached hydrogen (secondary N) is 1. The predicted molar refractivity (Wildman–Crippen MR) is 75.8 cm³/mol. The van der Waals surface area contributed by atoms with Crippen LogP contribution in [0.3, 0.4) is 0 Å². The Morgan fingerprint density at radius 3 is 2.38 bits per heavy atom. The first-order valence-corrected chi connectivity index (χ1v) is 8.63.